The van der Waals surface area contributed by atoms with Gasteiger partial charge in [-0.15, -0.1) is 0 Å². The Kier molecular flexibility index (Phi) is 5.43. The van der Waals surface area contributed by atoms with Gasteiger partial charge in [-0.2, -0.15) is 4.98 Å². The van der Waals surface area contributed by atoms with Crippen molar-refractivity contribution in [2.75, 3.05) is 36.5 Å². The van der Waals surface area contributed by atoms with Crippen molar-refractivity contribution >= 4 is 28.3 Å². The second kappa shape index (κ2) is 8.53. The van der Waals surface area contributed by atoms with Crippen LogP contribution in [0, 0.1) is 5.92 Å². The summed E-state index contributed by atoms with van der Waals surface area (Å²) in [5.41, 5.74) is 0.871. The number of aromatic nitrogens is 2. The molecule has 8 heteroatoms. The van der Waals surface area contributed by atoms with Crippen molar-refractivity contribution in [3.8, 4) is 11.5 Å². The number of hydrogen-bond acceptors (Lipinski definition) is 6. The summed E-state index contributed by atoms with van der Waals surface area (Å²) in [6, 6.07) is 12.9. The molecule has 166 valence electrons. The molecule has 3 heterocycles. The predicted molar refractivity (Wildman–Crippen MR) is 123 cm³/mol. The van der Waals surface area contributed by atoms with Crippen LogP contribution in [0.4, 0.5) is 11.5 Å². The van der Waals surface area contributed by atoms with E-state index in [9.17, 15) is 9.59 Å². The highest BCUT2D eigenvalue weighted by atomic mass is 16.6. The Balaban J connectivity index is 1.42. The molecule has 1 atom stereocenters. The third kappa shape index (κ3) is 4.00. The third-order valence-electron chi connectivity index (χ3n) is 5.95. The van der Waals surface area contributed by atoms with E-state index in [4.69, 9.17) is 9.47 Å². The zero-order valence-electron chi connectivity index (χ0n) is 18.0. The molecule has 1 aromatic heterocycles. The van der Waals surface area contributed by atoms with Gasteiger partial charge in [-0.05, 0) is 43.0 Å². The van der Waals surface area contributed by atoms with Gasteiger partial charge in [0.2, 0.25) is 5.91 Å². The van der Waals surface area contributed by atoms with Crippen LogP contribution in [0.5, 0.6) is 11.5 Å². The van der Waals surface area contributed by atoms with E-state index >= 15 is 0 Å². The predicted octanol–water partition coefficient (Wildman–Crippen LogP) is 3.04. The fourth-order valence-electron chi connectivity index (χ4n) is 4.45. The van der Waals surface area contributed by atoms with Gasteiger partial charge in [0.15, 0.2) is 11.5 Å². The number of anilines is 2. The number of carbonyl (C=O) groups is 1. The third-order valence-corrected chi connectivity index (χ3v) is 5.95. The van der Waals surface area contributed by atoms with E-state index in [-0.39, 0.29) is 12.5 Å². The summed E-state index contributed by atoms with van der Waals surface area (Å²) < 4.78 is 12.5. The van der Waals surface area contributed by atoms with Crippen LogP contribution in [-0.4, -0.2) is 41.8 Å². The zero-order valence-corrected chi connectivity index (χ0v) is 18.0. The van der Waals surface area contributed by atoms with Gasteiger partial charge >= 0.3 is 5.69 Å². The van der Waals surface area contributed by atoms with Crippen LogP contribution in [-0.2, 0) is 11.3 Å². The highest BCUT2D eigenvalue weighted by molar-refractivity contribution is 5.94. The molecule has 32 heavy (non-hydrogen) atoms. The minimum atomic E-state index is -0.422. The van der Waals surface area contributed by atoms with E-state index in [1.807, 2.05) is 24.3 Å². The molecular formula is C24H26N4O4. The number of para-hydroxylation sites is 1. The molecule has 0 saturated carbocycles. The van der Waals surface area contributed by atoms with Crippen LogP contribution >= 0.6 is 0 Å². The summed E-state index contributed by atoms with van der Waals surface area (Å²) in [5, 5.41) is 3.73. The number of nitrogens with one attached hydrogen (secondary N) is 1. The number of ether oxygens (including phenoxy) is 2. The highest BCUT2D eigenvalue weighted by Gasteiger charge is 2.22. The van der Waals surface area contributed by atoms with Gasteiger partial charge in [-0.3, -0.25) is 9.36 Å². The van der Waals surface area contributed by atoms with Crippen molar-refractivity contribution in [3.63, 3.8) is 0 Å². The van der Waals surface area contributed by atoms with Crippen molar-refractivity contribution in [3.05, 3.63) is 52.9 Å². The quantitative estimate of drug-likeness (QED) is 0.679. The second-order valence-corrected chi connectivity index (χ2v) is 8.42. The van der Waals surface area contributed by atoms with Gasteiger partial charge in [0.1, 0.15) is 25.6 Å². The van der Waals surface area contributed by atoms with Crippen LogP contribution in [0.3, 0.4) is 0 Å². The van der Waals surface area contributed by atoms with Crippen LogP contribution in [0.1, 0.15) is 19.8 Å². The molecule has 1 saturated heterocycles. The molecule has 2 aromatic carbocycles. The van der Waals surface area contributed by atoms with Gasteiger partial charge in [0.05, 0.1) is 5.52 Å². The molecule has 5 rings (SSSR count). The molecule has 2 aliphatic rings. The minimum absolute atomic E-state index is 0.128. The van der Waals surface area contributed by atoms with Crippen molar-refractivity contribution in [2.24, 2.45) is 5.92 Å². The Morgan fingerprint density at radius 2 is 1.97 bits per heavy atom. The zero-order chi connectivity index (χ0) is 22.1. The molecule has 2 aliphatic heterocycles. The van der Waals surface area contributed by atoms with E-state index in [0.717, 1.165) is 24.9 Å². The molecule has 8 nitrogen and oxygen atoms in total. The van der Waals surface area contributed by atoms with E-state index in [1.165, 1.54) is 11.0 Å². The first kappa shape index (κ1) is 20.4. The number of nitrogens with zero attached hydrogens (tertiary/aromatic N) is 3. The number of amides is 1. The number of piperidine rings is 1. The van der Waals surface area contributed by atoms with E-state index in [2.05, 4.69) is 22.1 Å². The number of hydrogen-bond donors (Lipinski definition) is 1. The van der Waals surface area contributed by atoms with E-state index in [1.54, 1.807) is 18.2 Å². The van der Waals surface area contributed by atoms with Crippen molar-refractivity contribution in [1.82, 2.24) is 9.55 Å². The smallest absolute Gasteiger partial charge is 0.350 e. The number of carbonyl (C=O) groups excluding carboxylic acids is 1. The first-order chi connectivity index (χ1) is 15.6. The molecule has 3 aromatic rings. The second-order valence-electron chi connectivity index (χ2n) is 8.42. The SMILES string of the molecule is C[C@@H]1CCCN(c2nc(=O)n(CC(=O)Nc3ccc4c(c3)OCCO4)c3ccccc23)C1. The topological polar surface area (TPSA) is 85.7 Å². The fourth-order valence-corrected chi connectivity index (χ4v) is 4.45. The Morgan fingerprint density at radius 1 is 1.16 bits per heavy atom. The average molecular weight is 434 g/mol. The van der Waals surface area contributed by atoms with Gasteiger partial charge in [-0.1, -0.05) is 19.1 Å². The number of fused-ring (bicyclic) bond motifs is 2. The lowest BCUT2D eigenvalue weighted by Crippen LogP contribution is -2.38. The summed E-state index contributed by atoms with van der Waals surface area (Å²) in [7, 11) is 0. The molecule has 0 bridgehead atoms. The Morgan fingerprint density at radius 3 is 2.81 bits per heavy atom. The molecule has 1 amide bonds. The standard InChI is InChI=1S/C24H26N4O4/c1-16-5-4-10-27(14-16)23-18-6-2-3-7-19(18)28(24(30)26-23)15-22(29)25-17-8-9-20-21(13-17)32-12-11-31-20/h2-3,6-9,13,16H,4-5,10-12,14-15H2,1H3,(H,25,29)/t16-/m1/s1. The average Bonchev–Trinajstić information content (AvgIpc) is 2.80. The van der Waals surface area contributed by atoms with Crippen LogP contribution in [0.15, 0.2) is 47.3 Å². The molecule has 0 radical (unpaired) electrons. The summed E-state index contributed by atoms with van der Waals surface area (Å²) in [4.78, 5) is 32.3. The fraction of sp³-hybridized carbons (Fsp3) is 0.375. The molecule has 1 fully saturated rings. The lowest BCUT2D eigenvalue weighted by Gasteiger charge is -2.32. The van der Waals surface area contributed by atoms with Gasteiger partial charge in [0.25, 0.3) is 0 Å². The van der Waals surface area contributed by atoms with E-state index < -0.39 is 5.69 Å². The monoisotopic (exact) mass is 434 g/mol. The lowest BCUT2D eigenvalue weighted by atomic mass is 10.00. The van der Waals surface area contributed by atoms with Crippen molar-refractivity contribution in [2.45, 2.75) is 26.3 Å². The van der Waals surface area contributed by atoms with Crippen LogP contribution in [0.2, 0.25) is 0 Å². The largest absolute Gasteiger partial charge is 0.486 e. The highest BCUT2D eigenvalue weighted by Crippen LogP contribution is 2.32. The van der Waals surface area contributed by atoms with Crippen molar-refractivity contribution in [1.29, 1.82) is 0 Å². The van der Waals surface area contributed by atoms with Crippen molar-refractivity contribution < 1.29 is 14.3 Å². The number of benzene rings is 2. The molecular weight excluding hydrogens is 408 g/mol. The maximum absolute atomic E-state index is 13.0. The summed E-state index contributed by atoms with van der Waals surface area (Å²) in [6.07, 6.45) is 2.27. The van der Waals surface area contributed by atoms with Crippen LogP contribution in [0.25, 0.3) is 10.9 Å². The molecule has 0 unspecified atom stereocenters. The lowest BCUT2D eigenvalue weighted by molar-refractivity contribution is -0.116. The van der Waals surface area contributed by atoms with Gasteiger partial charge in [-0.25, -0.2) is 4.79 Å². The summed E-state index contributed by atoms with van der Waals surface area (Å²) in [5.74, 6) is 2.21. The Bertz CT molecular complexity index is 1220. The Hall–Kier alpha value is -3.55. The molecule has 1 N–H and O–H groups in total. The first-order valence-electron chi connectivity index (χ1n) is 11.0. The summed E-state index contributed by atoms with van der Waals surface area (Å²) in [6.45, 7) is 4.84. The first-order valence-corrected chi connectivity index (χ1v) is 11.0. The van der Waals surface area contributed by atoms with Gasteiger partial charge < -0.3 is 19.7 Å². The minimum Gasteiger partial charge on any atom is -0.486 e. The normalized spacial score (nSPS) is 17.9. The molecule has 0 aliphatic carbocycles. The van der Waals surface area contributed by atoms with Gasteiger partial charge in [0, 0.05) is 30.2 Å². The maximum Gasteiger partial charge on any atom is 0.350 e. The Labute approximate surface area is 185 Å². The van der Waals surface area contributed by atoms with E-state index in [0.29, 0.717) is 47.7 Å². The number of rotatable bonds is 4. The van der Waals surface area contributed by atoms with Crippen LogP contribution < -0.4 is 25.4 Å². The summed E-state index contributed by atoms with van der Waals surface area (Å²) >= 11 is 0. The molecule has 0 spiro atoms. The maximum atomic E-state index is 13.0.